The molecule has 0 spiro atoms. The lowest BCUT2D eigenvalue weighted by Crippen LogP contribution is -2.47. The summed E-state index contributed by atoms with van der Waals surface area (Å²) < 4.78 is 7.59. The van der Waals surface area contributed by atoms with Crippen molar-refractivity contribution in [2.75, 3.05) is 44.7 Å². The Morgan fingerprint density at radius 3 is 2.33 bits per heavy atom. The quantitative estimate of drug-likeness (QED) is 0.433. The summed E-state index contributed by atoms with van der Waals surface area (Å²) in [4.78, 5) is 20.8. The second-order valence-corrected chi connectivity index (χ2v) is 9.45. The highest BCUT2D eigenvalue weighted by molar-refractivity contribution is 5.97. The van der Waals surface area contributed by atoms with Crippen LogP contribution in [0.3, 0.4) is 0 Å². The van der Waals surface area contributed by atoms with Crippen LogP contribution < -0.4 is 9.64 Å². The van der Waals surface area contributed by atoms with Crippen molar-refractivity contribution < 1.29 is 9.53 Å². The van der Waals surface area contributed by atoms with Gasteiger partial charge in [0, 0.05) is 37.8 Å². The lowest BCUT2D eigenvalue weighted by molar-refractivity contribution is 0.0668. The van der Waals surface area contributed by atoms with Gasteiger partial charge in [0.25, 0.3) is 5.91 Å². The van der Waals surface area contributed by atoms with Gasteiger partial charge in [-0.05, 0) is 51.1 Å². The third-order valence-electron chi connectivity index (χ3n) is 7.33. The van der Waals surface area contributed by atoms with Gasteiger partial charge >= 0.3 is 0 Å². The summed E-state index contributed by atoms with van der Waals surface area (Å²) in [6.07, 6.45) is 0.858. The SMILES string of the molecule is CCC(C)N(Cc1c(C)nn(-c2ccccc2)c1N1CCN(CC)CC1)C(=O)c1ccccc1OC. The van der Waals surface area contributed by atoms with Crippen molar-refractivity contribution >= 4 is 11.7 Å². The van der Waals surface area contributed by atoms with Crippen LogP contribution in [0.2, 0.25) is 0 Å². The van der Waals surface area contributed by atoms with E-state index in [0.717, 1.165) is 61.9 Å². The zero-order valence-corrected chi connectivity index (χ0v) is 22.3. The molecule has 3 aromatic rings. The van der Waals surface area contributed by atoms with Crippen molar-refractivity contribution in [1.82, 2.24) is 19.6 Å². The Morgan fingerprint density at radius 1 is 1.03 bits per heavy atom. The number of amides is 1. The van der Waals surface area contributed by atoms with Crippen molar-refractivity contribution in [2.24, 2.45) is 0 Å². The average Bonchev–Trinajstić information content (AvgIpc) is 3.26. The normalized spacial score (nSPS) is 15.1. The van der Waals surface area contributed by atoms with Crippen LogP contribution in [0.4, 0.5) is 5.82 Å². The second-order valence-electron chi connectivity index (χ2n) is 9.45. The highest BCUT2D eigenvalue weighted by Gasteiger charge is 2.30. The van der Waals surface area contributed by atoms with Crippen molar-refractivity contribution in [3.05, 3.63) is 71.4 Å². The molecule has 0 radical (unpaired) electrons. The Balaban J connectivity index is 1.77. The summed E-state index contributed by atoms with van der Waals surface area (Å²) in [5.41, 5.74) is 3.68. The molecule has 2 aromatic carbocycles. The van der Waals surface area contributed by atoms with Crippen LogP contribution in [0.15, 0.2) is 54.6 Å². The maximum absolute atomic E-state index is 13.9. The molecule has 36 heavy (non-hydrogen) atoms. The second kappa shape index (κ2) is 11.6. The Labute approximate surface area is 215 Å². The van der Waals surface area contributed by atoms with E-state index in [1.54, 1.807) is 7.11 Å². The number of hydrogen-bond donors (Lipinski definition) is 0. The molecular formula is C29H39N5O2. The van der Waals surface area contributed by atoms with Crippen LogP contribution in [0.5, 0.6) is 5.75 Å². The summed E-state index contributed by atoms with van der Waals surface area (Å²) in [7, 11) is 1.61. The molecule has 1 fully saturated rings. The minimum Gasteiger partial charge on any atom is -0.496 e. The topological polar surface area (TPSA) is 53.8 Å². The molecule has 1 unspecified atom stereocenters. The van der Waals surface area contributed by atoms with Crippen LogP contribution >= 0.6 is 0 Å². The maximum atomic E-state index is 13.9. The molecule has 1 atom stereocenters. The first-order valence-corrected chi connectivity index (χ1v) is 13.0. The number of likely N-dealkylation sites (N-methyl/N-ethyl adjacent to an activating group) is 1. The van der Waals surface area contributed by atoms with Crippen LogP contribution in [0, 0.1) is 6.92 Å². The lowest BCUT2D eigenvalue weighted by atomic mass is 10.1. The van der Waals surface area contributed by atoms with Crippen molar-refractivity contribution in [1.29, 1.82) is 0 Å². The number of anilines is 1. The molecule has 1 aliphatic heterocycles. The monoisotopic (exact) mass is 489 g/mol. The van der Waals surface area contributed by atoms with Crippen molar-refractivity contribution in [2.45, 2.75) is 46.7 Å². The molecule has 1 aliphatic rings. The molecule has 1 saturated heterocycles. The summed E-state index contributed by atoms with van der Waals surface area (Å²) in [6.45, 7) is 14.0. The van der Waals surface area contributed by atoms with Crippen molar-refractivity contribution in [3.63, 3.8) is 0 Å². The number of hydrogen-bond acceptors (Lipinski definition) is 5. The highest BCUT2D eigenvalue weighted by atomic mass is 16.5. The number of piperazine rings is 1. The third-order valence-corrected chi connectivity index (χ3v) is 7.33. The molecular weight excluding hydrogens is 450 g/mol. The standard InChI is InChI=1S/C29H39N5O2/c1-6-22(3)33(29(35)25-15-11-12-16-27(25)36-5)21-26-23(4)30-34(24-13-9-8-10-14-24)28(26)32-19-17-31(7-2)18-20-32/h8-16,22H,6-7,17-21H2,1-5H3. The first-order chi connectivity index (χ1) is 17.5. The molecule has 4 rings (SSSR count). The number of ether oxygens (including phenoxy) is 1. The molecule has 0 bridgehead atoms. The smallest absolute Gasteiger partial charge is 0.258 e. The predicted molar refractivity (Wildman–Crippen MR) is 145 cm³/mol. The number of nitrogens with zero attached hydrogens (tertiary/aromatic N) is 5. The number of rotatable bonds is 9. The van der Waals surface area contributed by atoms with E-state index < -0.39 is 0 Å². The van der Waals surface area contributed by atoms with Crippen LogP contribution in [-0.2, 0) is 6.54 Å². The van der Waals surface area contributed by atoms with E-state index in [2.05, 4.69) is 54.3 Å². The van der Waals surface area contributed by atoms with Gasteiger partial charge < -0.3 is 19.4 Å². The lowest BCUT2D eigenvalue weighted by Gasteiger charge is -2.37. The van der Waals surface area contributed by atoms with E-state index in [1.807, 2.05) is 47.4 Å². The molecule has 7 nitrogen and oxygen atoms in total. The number of aryl methyl sites for hydroxylation is 1. The Bertz CT molecular complexity index is 1150. The Morgan fingerprint density at radius 2 is 1.69 bits per heavy atom. The van der Waals surface area contributed by atoms with Gasteiger partial charge in [0.2, 0.25) is 0 Å². The van der Waals surface area contributed by atoms with E-state index in [-0.39, 0.29) is 11.9 Å². The summed E-state index contributed by atoms with van der Waals surface area (Å²) in [5.74, 6) is 1.68. The van der Waals surface area contributed by atoms with Gasteiger partial charge in [0.15, 0.2) is 0 Å². The summed E-state index contributed by atoms with van der Waals surface area (Å²) >= 11 is 0. The first kappa shape index (κ1) is 25.8. The van der Waals surface area contributed by atoms with Gasteiger partial charge in [0.1, 0.15) is 11.6 Å². The molecule has 1 amide bonds. The van der Waals surface area contributed by atoms with Crippen LogP contribution in [0.25, 0.3) is 5.69 Å². The van der Waals surface area contributed by atoms with E-state index >= 15 is 0 Å². The molecule has 7 heteroatoms. The van der Waals surface area contributed by atoms with Crippen LogP contribution in [-0.4, -0.2) is 71.4 Å². The van der Waals surface area contributed by atoms with Crippen molar-refractivity contribution in [3.8, 4) is 11.4 Å². The number of carbonyl (C=O) groups excluding carboxylic acids is 1. The number of methoxy groups -OCH3 is 1. The molecule has 0 aliphatic carbocycles. The molecule has 192 valence electrons. The zero-order chi connectivity index (χ0) is 25.7. The molecule has 0 saturated carbocycles. The van der Waals surface area contributed by atoms with E-state index in [1.165, 1.54) is 0 Å². The predicted octanol–water partition coefficient (Wildman–Crippen LogP) is 4.77. The third kappa shape index (κ3) is 5.26. The van der Waals surface area contributed by atoms with E-state index in [4.69, 9.17) is 9.84 Å². The minimum atomic E-state index is -0.0181. The summed E-state index contributed by atoms with van der Waals surface area (Å²) in [5, 5.41) is 5.00. The molecule has 0 N–H and O–H groups in total. The average molecular weight is 490 g/mol. The maximum Gasteiger partial charge on any atom is 0.258 e. The molecule has 1 aromatic heterocycles. The van der Waals surface area contributed by atoms with E-state index in [0.29, 0.717) is 17.9 Å². The number of carbonyl (C=O) groups is 1. The largest absolute Gasteiger partial charge is 0.496 e. The Kier molecular flexibility index (Phi) is 8.31. The fourth-order valence-corrected chi connectivity index (χ4v) is 4.88. The first-order valence-electron chi connectivity index (χ1n) is 13.0. The fourth-order valence-electron chi connectivity index (χ4n) is 4.88. The number of benzene rings is 2. The number of aromatic nitrogens is 2. The highest BCUT2D eigenvalue weighted by Crippen LogP contribution is 2.31. The fraction of sp³-hybridized carbons (Fsp3) is 0.448. The zero-order valence-electron chi connectivity index (χ0n) is 22.3. The van der Waals surface area contributed by atoms with E-state index in [9.17, 15) is 4.79 Å². The van der Waals surface area contributed by atoms with Crippen LogP contribution in [0.1, 0.15) is 48.8 Å². The van der Waals surface area contributed by atoms with Gasteiger partial charge in [-0.2, -0.15) is 5.10 Å². The summed E-state index contributed by atoms with van der Waals surface area (Å²) in [6, 6.07) is 17.8. The van der Waals surface area contributed by atoms with Gasteiger partial charge in [-0.1, -0.05) is 44.2 Å². The van der Waals surface area contributed by atoms with Gasteiger partial charge in [-0.15, -0.1) is 0 Å². The molecule has 2 heterocycles. The Hall–Kier alpha value is -3.32. The minimum absolute atomic E-state index is 0.0181. The van der Waals surface area contributed by atoms with Gasteiger partial charge in [0.05, 0.1) is 30.6 Å². The van der Waals surface area contributed by atoms with Gasteiger partial charge in [-0.3, -0.25) is 4.79 Å². The number of para-hydroxylation sites is 2. The van der Waals surface area contributed by atoms with Gasteiger partial charge in [-0.25, -0.2) is 4.68 Å².